The van der Waals surface area contributed by atoms with Crippen molar-refractivity contribution in [3.05, 3.63) is 33.3 Å². The third-order valence-electron chi connectivity index (χ3n) is 2.22. The molecule has 3 nitrogen and oxygen atoms in total. The summed E-state index contributed by atoms with van der Waals surface area (Å²) in [5, 5.41) is 9.03. The molecular formula is C12H12BrNO2. The summed E-state index contributed by atoms with van der Waals surface area (Å²) in [4.78, 5) is 11.6. The number of aryl methyl sites for hydroxylation is 1. The van der Waals surface area contributed by atoms with Crippen LogP contribution in [0.15, 0.2) is 16.6 Å². The first-order valence-corrected chi connectivity index (χ1v) is 5.83. The number of hydrogen-bond donors (Lipinski definition) is 0. The van der Waals surface area contributed by atoms with E-state index in [0.717, 1.165) is 12.0 Å². The van der Waals surface area contributed by atoms with E-state index in [-0.39, 0.29) is 0 Å². The summed E-state index contributed by atoms with van der Waals surface area (Å²) < 4.78 is 5.42. The van der Waals surface area contributed by atoms with Crippen LogP contribution in [0.2, 0.25) is 0 Å². The Kier molecular flexibility index (Phi) is 4.51. The van der Waals surface area contributed by atoms with Crippen molar-refractivity contribution >= 4 is 21.9 Å². The lowest BCUT2D eigenvalue weighted by Gasteiger charge is -2.08. The highest BCUT2D eigenvalue weighted by molar-refractivity contribution is 9.10. The van der Waals surface area contributed by atoms with Crippen LogP contribution in [0.1, 0.15) is 35.3 Å². The van der Waals surface area contributed by atoms with Crippen LogP contribution in [0, 0.1) is 11.3 Å². The van der Waals surface area contributed by atoms with Crippen LogP contribution in [0.5, 0.6) is 0 Å². The van der Waals surface area contributed by atoms with E-state index in [1.807, 2.05) is 6.92 Å². The maximum atomic E-state index is 11.6. The van der Waals surface area contributed by atoms with Gasteiger partial charge in [0.1, 0.15) is 6.07 Å². The quantitative estimate of drug-likeness (QED) is 0.800. The summed E-state index contributed by atoms with van der Waals surface area (Å²) in [7, 11) is 0. The van der Waals surface area contributed by atoms with Gasteiger partial charge in [-0.3, -0.25) is 0 Å². The SMILES string of the molecule is CCOC(=O)c1ccc(CC)c(C#N)c1Br. The molecule has 4 heteroatoms. The van der Waals surface area contributed by atoms with Crippen LogP contribution < -0.4 is 0 Å². The van der Waals surface area contributed by atoms with Gasteiger partial charge >= 0.3 is 5.97 Å². The molecule has 0 unspecified atom stereocenters. The molecule has 0 aliphatic rings. The number of carbonyl (C=O) groups excluding carboxylic acids is 1. The first-order valence-electron chi connectivity index (χ1n) is 5.04. The molecule has 0 atom stereocenters. The molecule has 0 spiro atoms. The van der Waals surface area contributed by atoms with Crippen molar-refractivity contribution in [1.29, 1.82) is 5.26 Å². The number of hydrogen-bond acceptors (Lipinski definition) is 3. The Morgan fingerprint density at radius 3 is 2.69 bits per heavy atom. The molecule has 84 valence electrons. The van der Waals surface area contributed by atoms with Crippen LogP contribution in [0.3, 0.4) is 0 Å². The zero-order valence-electron chi connectivity index (χ0n) is 9.21. The number of nitrogens with zero attached hydrogens (tertiary/aromatic N) is 1. The lowest BCUT2D eigenvalue weighted by Crippen LogP contribution is -2.07. The summed E-state index contributed by atoms with van der Waals surface area (Å²) in [6.45, 7) is 4.03. The van der Waals surface area contributed by atoms with Crippen molar-refractivity contribution in [2.75, 3.05) is 6.61 Å². The highest BCUT2D eigenvalue weighted by Crippen LogP contribution is 2.25. The molecule has 0 saturated heterocycles. The molecule has 0 heterocycles. The molecule has 0 bridgehead atoms. The fraction of sp³-hybridized carbons (Fsp3) is 0.333. The minimum atomic E-state index is -0.409. The van der Waals surface area contributed by atoms with Gasteiger partial charge in [0.25, 0.3) is 0 Å². The van der Waals surface area contributed by atoms with Crippen LogP contribution in [0.4, 0.5) is 0 Å². The minimum Gasteiger partial charge on any atom is -0.462 e. The Balaban J connectivity index is 3.25. The molecule has 0 N–H and O–H groups in total. The average Bonchev–Trinajstić information content (AvgIpc) is 2.28. The second-order valence-corrected chi connectivity index (χ2v) is 3.94. The molecule has 0 amide bonds. The number of ether oxygens (including phenoxy) is 1. The van der Waals surface area contributed by atoms with Crippen molar-refractivity contribution in [1.82, 2.24) is 0 Å². The molecule has 1 aromatic rings. The van der Waals surface area contributed by atoms with Gasteiger partial charge in [-0.05, 0) is 40.9 Å². The van der Waals surface area contributed by atoms with Crippen molar-refractivity contribution in [3.8, 4) is 6.07 Å². The molecule has 1 aromatic carbocycles. The Morgan fingerprint density at radius 1 is 1.50 bits per heavy atom. The van der Waals surface area contributed by atoms with E-state index in [1.165, 1.54) is 0 Å². The number of benzene rings is 1. The summed E-state index contributed by atoms with van der Waals surface area (Å²) in [6, 6.07) is 5.57. The van der Waals surface area contributed by atoms with Gasteiger partial charge < -0.3 is 4.74 Å². The van der Waals surface area contributed by atoms with Crippen LogP contribution >= 0.6 is 15.9 Å². The molecule has 0 aliphatic heterocycles. The number of rotatable bonds is 3. The summed E-state index contributed by atoms with van der Waals surface area (Å²) in [5.74, 6) is -0.409. The van der Waals surface area contributed by atoms with Crippen molar-refractivity contribution in [2.24, 2.45) is 0 Å². The third kappa shape index (κ3) is 2.42. The molecule has 0 radical (unpaired) electrons. The van der Waals surface area contributed by atoms with Gasteiger partial charge in [-0.25, -0.2) is 4.79 Å². The Morgan fingerprint density at radius 2 is 2.19 bits per heavy atom. The maximum Gasteiger partial charge on any atom is 0.339 e. The summed E-state index contributed by atoms with van der Waals surface area (Å²) in [5.41, 5.74) is 1.83. The van der Waals surface area contributed by atoms with E-state index in [4.69, 9.17) is 10.00 Å². The summed E-state index contributed by atoms with van der Waals surface area (Å²) in [6.07, 6.45) is 0.755. The second-order valence-electron chi connectivity index (χ2n) is 3.15. The van der Waals surface area contributed by atoms with Crippen molar-refractivity contribution < 1.29 is 9.53 Å². The predicted molar refractivity (Wildman–Crippen MR) is 64.2 cm³/mol. The largest absolute Gasteiger partial charge is 0.462 e. The van der Waals surface area contributed by atoms with E-state index in [9.17, 15) is 4.79 Å². The Bertz CT molecular complexity index is 449. The monoisotopic (exact) mass is 281 g/mol. The third-order valence-corrected chi connectivity index (χ3v) is 3.04. The number of nitriles is 1. The van der Waals surface area contributed by atoms with Gasteiger partial charge in [-0.2, -0.15) is 5.26 Å². The van der Waals surface area contributed by atoms with Gasteiger partial charge in [0.15, 0.2) is 0 Å². The van der Waals surface area contributed by atoms with E-state index in [1.54, 1.807) is 19.1 Å². The molecular weight excluding hydrogens is 270 g/mol. The first kappa shape index (κ1) is 12.7. The van der Waals surface area contributed by atoms with Gasteiger partial charge in [-0.1, -0.05) is 13.0 Å². The van der Waals surface area contributed by atoms with Crippen LogP contribution in [0.25, 0.3) is 0 Å². The van der Waals surface area contributed by atoms with E-state index < -0.39 is 5.97 Å². The van der Waals surface area contributed by atoms with Gasteiger partial charge in [0.05, 0.1) is 22.2 Å². The average molecular weight is 282 g/mol. The smallest absolute Gasteiger partial charge is 0.339 e. The first-order chi connectivity index (χ1) is 7.65. The van der Waals surface area contributed by atoms with Gasteiger partial charge in [-0.15, -0.1) is 0 Å². The zero-order chi connectivity index (χ0) is 12.1. The molecule has 0 aromatic heterocycles. The van der Waals surface area contributed by atoms with E-state index in [0.29, 0.717) is 22.2 Å². The normalized spacial score (nSPS) is 9.62. The zero-order valence-corrected chi connectivity index (χ0v) is 10.8. The van der Waals surface area contributed by atoms with Gasteiger partial charge in [0, 0.05) is 0 Å². The number of halogens is 1. The fourth-order valence-corrected chi connectivity index (χ4v) is 2.04. The number of carbonyl (C=O) groups is 1. The lowest BCUT2D eigenvalue weighted by atomic mass is 10.0. The molecule has 0 aliphatic carbocycles. The summed E-state index contributed by atoms with van der Waals surface area (Å²) >= 11 is 3.28. The number of esters is 1. The molecule has 0 saturated carbocycles. The fourth-order valence-electron chi connectivity index (χ4n) is 1.40. The van der Waals surface area contributed by atoms with E-state index in [2.05, 4.69) is 22.0 Å². The van der Waals surface area contributed by atoms with E-state index >= 15 is 0 Å². The Hall–Kier alpha value is -1.34. The Labute approximate surface area is 103 Å². The standard InChI is InChI=1S/C12H12BrNO2/c1-3-8-5-6-9(12(15)16-4-2)11(13)10(8)7-14/h5-6H,3-4H2,1-2H3. The lowest BCUT2D eigenvalue weighted by molar-refractivity contribution is 0.0525. The molecule has 1 rings (SSSR count). The topological polar surface area (TPSA) is 50.1 Å². The van der Waals surface area contributed by atoms with Gasteiger partial charge in [0.2, 0.25) is 0 Å². The van der Waals surface area contributed by atoms with Crippen LogP contribution in [-0.2, 0) is 11.2 Å². The second kappa shape index (κ2) is 5.66. The highest BCUT2D eigenvalue weighted by atomic mass is 79.9. The molecule has 0 fully saturated rings. The van der Waals surface area contributed by atoms with Crippen LogP contribution in [-0.4, -0.2) is 12.6 Å². The van der Waals surface area contributed by atoms with Crippen molar-refractivity contribution in [3.63, 3.8) is 0 Å². The highest BCUT2D eigenvalue weighted by Gasteiger charge is 2.16. The predicted octanol–water partition coefficient (Wildman–Crippen LogP) is 3.06. The molecule has 16 heavy (non-hydrogen) atoms. The maximum absolute atomic E-state index is 11.6. The minimum absolute atomic E-state index is 0.322. The van der Waals surface area contributed by atoms with Crippen molar-refractivity contribution in [2.45, 2.75) is 20.3 Å².